The summed E-state index contributed by atoms with van der Waals surface area (Å²) >= 11 is 0. The van der Waals surface area contributed by atoms with Gasteiger partial charge in [0.2, 0.25) is 0 Å². The van der Waals surface area contributed by atoms with Gasteiger partial charge in [-0.15, -0.1) is 0 Å². The van der Waals surface area contributed by atoms with Gasteiger partial charge >= 0.3 is 35.8 Å². The Morgan fingerprint density at radius 3 is 0.976 bits per heavy atom. The molecule has 16 nitrogen and oxygen atoms in total. The van der Waals surface area contributed by atoms with Gasteiger partial charge in [-0.25, -0.2) is 0 Å². The van der Waals surface area contributed by atoms with E-state index < -0.39 is 53.9 Å². The second-order valence-electron chi connectivity index (χ2n) is 10.3. The average Bonchev–Trinajstić information content (AvgIpc) is 2.87. The molecule has 0 unspecified atom stereocenters. The molecule has 3 atom stereocenters. The second kappa shape index (κ2) is 19.7. The van der Waals surface area contributed by atoms with Crippen LogP contribution in [0.1, 0.15) is 57.8 Å². The van der Waals surface area contributed by atoms with Gasteiger partial charge in [0.25, 0.3) is 0 Å². The van der Waals surface area contributed by atoms with Crippen LogP contribution in [0, 0.1) is 0 Å². The smallest absolute Gasteiger partial charge is 0.320 e. The Balaban J connectivity index is 3.24. The first-order valence-corrected chi connectivity index (χ1v) is 14.1. The maximum Gasteiger partial charge on any atom is 0.320 e. The third kappa shape index (κ3) is 14.5. The molecule has 0 aromatic rings. The zero-order valence-electron chi connectivity index (χ0n) is 23.7. The Hall–Kier alpha value is -3.34. The van der Waals surface area contributed by atoms with Crippen LogP contribution in [0.5, 0.6) is 0 Å². The Morgan fingerprint density at radius 1 is 0.476 bits per heavy atom. The summed E-state index contributed by atoms with van der Waals surface area (Å²) in [5, 5.41) is 59.9. The highest BCUT2D eigenvalue weighted by atomic mass is 16.4. The van der Waals surface area contributed by atoms with E-state index >= 15 is 0 Å². The summed E-state index contributed by atoms with van der Waals surface area (Å²) in [6.45, 7) is 1.55. The third-order valence-electron chi connectivity index (χ3n) is 7.28. The van der Waals surface area contributed by atoms with Crippen molar-refractivity contribution in [2.45, 2.75) is 75.9 Å². The van der Waals surface area contributed by atoms with Gasteiger partial charge < -0.3 is 36.0 Å². The molecule has 1 aliphatic rings. The molecule has 0 aromatic heterocycles. The lowest BCUT2D eigenvalue weighted by molar-refractivity contribution is -0.147. The fraction of sp³-hybridized carbons (Fsp3) is 0.769. The predicted octanol–water partition coefficient (Wildman–Crippen LogP) is -0.380. The number of rotatable bonds is 18. The van der Waals surface area contributed by atoms with Crippen molar-refractivity contribution < 1.29 is 59.4 Å². The molecular formula is C26H44N4O12. The van der Waals surface area contributed by atoms with Gasteiger partial charge in [0.1, 0.15) is 18.1 Å². The molecule has 1 saturated heterocycles. The van der Waals surface area contributed by atoms with Crippen LogP contribution in [-0.2, 0) is 28.8 Å². The number of carboxylic acids is 6. The lowest BCUT2D eigenvalue weighted by Crippen LogP contribution is -2.54. The van der Waals surface area contributed by atoms with E-state index in [0.717, 1.165) is 0 Å². The van der Waals surface area contributed by atoms with Crippen molar-refractivity contribution in [3.8, 4) is 0 Å². The summed E-state index contributed by atoms with van der Waals surface area (Å²) in [7, 11) is 0. The second-order valence-corrected chi connectivity index (χ2v) is 10.3. The van der Waals surface area contributed by atoms with E-state index in [0.29, 0.717) is 13.1 Å². The van der Waals surface area contributed by atoms with E-state index in [9.17, 15) is 44.1 Å². The SMILES string of the molecule is O=C(O)CCC[C@H](C(=O)O)N1CCNCCN([C@H](CCCC(=O)O)C(=O)O)CCN([C@H](CCCC(=O)O)C(=O)O)CC1. The number of hydrogen-bond acceptors (Lipinski definition) is 10. The Labute approximate surface area is 243 Å². The fourth-order valence-electron chi connectivity index (χ4n) is 5.08. The van der Waals surface area contributed by atoms with E-state index in [2.05, 4.69) is 5.32 Å². The van der Waals surface area contributed by atoms with Crippen LogP contribution in [0.15, 0.2) is 0 Å². The molecule has 0 bridgehead atoms. The first-order valence-electron chi connectivity index (χ1n) is 14.1. The normalized spacial score (nSPS) is 18.6. The monoisotopic (exact) mass is 604 g/mol. The molecule has 0 saturated carbocycles. The molecular weight excluding hydrogens is 560 g/mol. The van der Waals surface area contributed by atoms with Crippen molar-refractivity contribution in [2.75, 3.05) is 52.4 Å². The highest BCUT2D eigenvalue weighted by Gasteiger charge is 2.32. The average molecular weight is 605 g/mol. The summed E-state index contributed by atoms with van der Waals surface area (Å²) < 4.78 is 0. The minimum absolute atomic E-state index is 0.00509. The molecule has 0 radical (unpaired) electrons. The van der Waals surface area contributed by atoms with E-state index in [1.807, 2.05) is 0 Å². The zero-order valence-corrected chi connectivity index (χ0v) is 23.7. The Morgan fingerprint density at radius 2 is 0.738 bits per heavy atom. The highest BCUT2D eigenvalue weighted by molar-refractivity contribution is 5.75. The molecule has 240 valence electrons. The van der Waals surface area contributed by atoms with Gasteiger partial charge in [-0.3, -0.25) is 43.5 Å². The molecule has 0 aromatic carbocycles. The van der Waals surface area contributed by atoms with Crippen molar-refractivity contribution in [3.05, 3.63) is 0 Å². The van der Waals surface area contributed by atoms with Crippen LogP contribution < -0.4 is 5.32 Å². The van der Waals surface area contributed by atoms with Gasteiger partial charge in [-0.1, -0.05) is 0 Å². The molecule has 0 spiro atoms. The van der Waals surface area contributed by atoms with Crippen LogP contribution in [0.25, 0.3) is 0 Å². The molecule has 0 amide bonds. The molecule has 1 aliphatic heterocycles. The van der Waals surface area contributed by atoms with E-state index in [4.69, 9.17) is 15.3 Å². The van der Waals surface area contributed by atoms with Gasteiger partial charge in [0, 0.05) is 71.6 Å². The summed E-state index contributed by atoms with van der Waals surface area (Å²) in [5.74, 6) is -6.62. The standard InChI is InChI=1S/C26H44N4O12/c31-21(32)7-1-4-18(24(37)38)28-12-10-27-11-13-29(19(25(39)40)5-2-8-22(33)34)15-17-30(16-14-28)20(26(41)42)6-3-9-23(35)36/h18-20,27H,1-17H2,(H,31,32)(H,33,34)(H,35,36)(H,37,38)(H,39,40)(H,41,42)/t18-,19-,20-/m1/s1. The first-order chi connectivity index (χ1) is 19.8. The van der Waals surface area contributed by atoms with E-state index in [-0.39, 0.29) is 97.1 Å². The predicted molar refractivity (Wildman–Crippen MR) is 146 cm³/mol. The van der Waals surface area contributed by atoms with Crippen LogP contribution in [-0.4, -0.2) is 152 Å². The summed E-state index contributed by atoms with van der Waals surface area (Å²) in [4.78, 5) is 74.4. The van der Waals surface area contributed by atoms with Gasteiger partial charge in [0.05, 0.1) is 0 Å². The molecule has 1 rings (SSSR count). The minimum Gasteiger partial charge on any atom is -0.481 e. The summed E-state index contributed by atoms with van der Waals surface area (Å²) in [5.41, 5.74) is 0. The van der Waals surface area contributed by atoms with Crippen molar-refractivity contribution >= 4 is 35.8 Å². The highest BCUT2D eigenvalue weighted by Crippen LogP contribution is 2.16. The largest absolute Gasteiger partial charge is 0.481 e. The Kier molecular flexibility index (Phi) is 17.2. The minimum atomic E-state index is -1.19. The fourth-order valence-corrected chi connectivity index (χ4v) is 5.08. The van der Waals surface area contributed by atoms with Crippen LogP contribution in [0.3, 0.4) is 0 Å². The number of hydrogen-bond donors (Lipinski definition) is 7. The van der Waals surface area contributed by atoms with Gasteiger partial charge in [-0.05, 0) is 38.5 Å². The van der Waals surface area contributed by atoms with Gasteiger partial charge in [0.15, 0.2) is 0 Å². The van der Waals surface area contributed by atoms with Crippen LogP contribution in [0.2, 0.25) is 0 Å². The molecule has 42 heavy (non-hydrogen) atoms. The third-order valence-corrected chi connectivity index (χ3v) is 7.28. The maximum absolute atomic E-state index is 12.3. The number of aliphatic carboxylic acids is 6. The molecule has 0 aliphatic carbocycles. The van der Waals surface area contributed by atoms with Crippen molar-refractivity contribution in [3.63, 3.8) is 0 Å². The van der Waals surface area contributed by atoms with Crippen molar-refractivity contribution in [1.82, 2.24) is 20.0 Å². The van der Waals surface area contributed by atoms with Crippen LogP contribution in [0.4, 0.5) is 0 Å². The first kappa shape index (κ1) is 36.7. The molecule has 7 N–H and O–H groups in total. The van der Waals surface area contributed by atoms with Crippen LogP contribution >= 0.6 is 0 Å². The lowest BCUT2D eigenvalue weighted by atomic mass is 10.1. The number of nitrogens with one attached hydrogen (secondary N) is 1. The number of nitrogens with zero attached hydrogens (tertiary/aromatic N) is 3. The topological polar surface area (TPSA) is 246 Å². The quantitative estimate of drug-likeness (QED) is 0.105. The lowest BCUT2D eigenvalue weighted by Gasteiger charge is -2.37. The Bertz CT molecular complexity index is 866. The maximum atomic E-state index is 12.3. The van der Waals surface area contributed by atoms with Gasteiger partial charge in [-0.2, -0.15) is 0 Å². The molecule has 16 heteroatoms. The summed E-state index contributed by atoms with van der Waals surface area (Å²) in [6, 6.07) is -3.12. The molecule has 1 heterocycles. The van der Waals surface area contributed by atoms with Crippen molar-refractivity contribution in [2.24, 2.45) is 0 Å². The molecule has 1 fully saturated rings. The van der Waals surface area contributed by atoms with E-state index in [1.165, 1.54) is 0 Å². The van der Waals surface area contributed by atoms with Crippen molar-refractivity contribution in [1.29, 1.82) is 0 Å². The number of carbonyl (C=O) groups is 6. The summed E-state index contributed by atoms with van der Waals surface area (Å²) in [6.07, 6.45) is -0.109. The van der Waals surface area contributed by atoms with E-state index in [1.54, 1.807) is 14.7 Å². The zero-order chi connectivity index (χ0) is 31.7. The number of carboxylic acid groups (broad SMARTS) is 6.